The molecule has 0 N–H and O–H groups in total. The van der Waals surface area contributed by atoms with Crippen LogP contribution >= 0.6 is 0 Å². The predicted octanol–water partition coefficient (Wildman–Crippen LogP) is 3.18. The van der Waals surface area contributed by atoms with E-state index in [1.165, 1.54) is 101 Å². The first kappa shape index (κ1) is 23.9. The lowest BCUT2D eigenvalue weighted by atomic mass is 10.1. The zero-order chi connectivity index (χ0) is 15.1. The van der Waals surface area contributed by atoms with E-state index in [9.17, 15) is 0 Å². The summed E-state index contributed by atoms with van der Waals surface area (Å²) in [5.74, 6) is 0. The molecule has 0 saturated carbocycles. The highest BCUT2D eigenvalue weighted by molar-refractivity contribution is 4.49. The summed E-state index contributed by atoms with van der Waals surface area (Å²) in [6.07, 6.45) is 15.6. The Labute approximate surface area is 152 Å². The molecule has 0 aliphatic heterocycles. The summed E-state index contributed by atoms with van der Waals surface area (Å²) in [5.41, 5.74) is 0. The van der Waals surface area contributed by atoms with Crippen LogP contribution < -0.4 is 24.0 Å². The third-order valence-corrected chi connectivity index (χ3v) is 4.58. The highest BCUT2D eigenvalue weighted by Gasteiger charge is 2.23. The molecule has 0 rings (SSSR count). The monoisotopic (exact) mass is 411 g/mol. The summed E-state index contributed by atoms with van der Waals surface area (Å²) in [4.78, 5) is 0. The molecule has 0 aliphatic carbocycles. The number of unbranched alkanes of at least 4 members (excludes halogenated alkanes) is 7. The first-order valence-corrected chi connectivity index (χ1v) is 9.59. The van der Waals surface area contributed by atoms with Crippen LogP contribution in [0.4, 0.5) is 0 Å². The number of halogens is 1. The maximum Gasteiger partial charge on any atom is 0.0786 e. The molecule has 0 atom stereocenters. The average molecular weight is 411 g/mol. The van der Waals surface area contributed by atoms with Crippen LogP contribution in [0.5, 0.6) is 0 Å². The van der Waals surface area contributed by atoms with Gasteiger partial charge in [0, 0.05) is 0 Å². The Morgan fingerprint density at radius 2 is 0.810 bits per heavy atom. The van der Waals surface area contributed by atoms with Gasteiger partial charge in [0.25, 0.3) is 0 Å². The van der Waals surface area contributed by atoms with Crippen LogP contribution in [0.15, 0.2) is 0 Å². The first-order valence-electron chi connectivity index (χ1n) is 9.59. The second kappa shape index (κ2) is 17.1. The Balaban J connectivity index is 0. The van der Waals surface area contributed by atoms with Crippen LogP contribution in [0.1, 0.15) is 98.3 Å². The van der Waals surface area contributed by atoms with Crippen molar-refractivity contribution >= 4 is 0 Å². The van der Waals surface area contributed by atoms with Gasteiger partial charge in [-0.25, -0.2) is 0 Å². The third kappa shape index (κ3) is 12.9. The zero-order valence-electron chi connectivity index (χ0n) is 15.4. The van der Waals surface area contributed by atoms with Gasteiger partial charge in [0.2, 0.25) is 0 Å². The minimum atomic E-state index is 0. The third-order valence-electron chi connectivity index (χ3n) is 4.58. The molecule has 0 aromatic rings. The molecule has 0 fully saturated rings. The van der Waals surface area contributed by atoms with E-state index >= 15 is 0 Å². The Morgan fingerprint density at radius 1 is 0.429 bits per heavy atom. The predicted molar refractivity (Wildman–Crippen MR) is 93.2 cm³/mol. The molecule has 0 aromatic carbocycles. The van der Waals surface area contributed by atoms with Crippen molar-refractivity contribution in [2.45, 2.75) is 98.3 Å². The molecule has 0 bridgehead atoms. The van der Waals surface area contributed by atoms with Gasteiger partial charge < -0.3 is 28.5 Å². The Bertz CT molecular complexity index is 177. The lowest BCUT2D eigenvalue weighted by Crippen LogP contribution is -3.00. The van der Waals surface area contributed by atoms with Crippen LogP contribution in [-0.2, 0) is 0 Å². The second-order valence-electron chi connectivity index (χ2n) is 6.71. The maximum atomic E-state index is 2.35. The molecule has 2 heteroatoms. The SMILES string of the molecule is CCCCCCCCCC[N+](CCC)(CCC)CCC.[I-]. The average Bonchev–Trinajstić information content (AvgIpc) is 2.43. The fourth-order valence-corrected chi connectivity index (χ4v) is 3.67. The van der Waals surface area contributed by atoms with E-state index in [1.807, 2.05) is 0 Å². The van der Waals surface area contributed by atoms with Crippen LogP contribution in [-0.4, -0.2) is 30.7 Å². The molecule has 0 amide bonds. The Kier molecular flexibility index (Phi) is 19.4. The number of hydrogen-bond acceptors (Lipinski definition) is 0. The number of hydrogen-bond donors (Lipinski definition) is 0. The van der Waals surface area contributed by atoms with Crippen molar-refractivity contribution in [3.05, 3.63) is 0 Å². The molecule has 130 valence electrons. The van der Waals surface area contributed by atoms with Crippen molar-refractivity contribution in [2.24, 2.45) is 0 Å². The molecule has 0 aliphatic rings. The van der Waals surface area contributed by atoms with Gasteiger partial charge in [0.1, 0.15) is 0 Å². The lowest BCUT2D eigenvalue weighted by molar-refractivity contribution is -0.928. The van der Waals surface area contributed by atoms with Gasteiger partial charge in [-0.3, -0.25) is 0 Å². The molecule has 0 radical (unpaired) electrons. The van der Waals surface area contributed by atoms with E-state index in [0.717, 1.165) is 0 Å². The summed E-state index contributed by atoms with van der Waals surface area (Å²) in [6.45, 7) is 15.0. The van der Waals surface area contributed by atoms with Gasteiger partial charge in [-0.1, -0.05) is 66.2 Å². The van der Waals surface area contributed by atoms with Gasteiger partial charge in [-0.15, -0.1) is 0 Å². The summed E-state index contributed by atoms with van der Waals surface area (Å²) in [5, 5.41) is 0. The van der Waals surface area contributed by atoms with Crippen LogP contribution in [0, 0.1) is 0 Å². The van der Waals surface area contributed by atoms with E-state index in [4.69, 9.17) is 0 Å². The second-order valence-corrected chi connectivity index (χ2v) is 6.71. The lowest BCUT2D eigenvalue weighted by Gasteiger charge is -2.38. The molecule has 0 aromatic heterocycles. The molecular weight excluding hydrogens is 369 g/mol. The van der Waals surface area contributed by atoms with E-state index in [1.54, 1.807) is 0 Å². The van der Waals surface area contributed by atoms with Crippen molar-refractivity contribution < 1.29 is 28.5 Å². The van der Waals surface area contributed by atoms with E-state index in [-0.39, 0.29) is 24.0 Å². The molecule has 0 saturated heterocycles. The highest BCUT2D eigenvalue weighted by atomic mass is 127. The molecule has 1 nitrogen and oxygen atoms in total. The highest BCUT2D eigenvalue weighted by Crippen LogP contribution is 2.15. The van der Waals surface area contributed by atoms with Gasteiger partial charge in [-0.05, 0) is 32.1 Å². The minimum absolute atomic E-state index is 0. The van der Waals surface area contributed by atoms with E-state index in [0.29, 0.717) is 0 Å². The van der Waals surface area contributed by atoms with Gasteiger partial charge in [0.15, 0.2) is 0 Å². The van der Waals surface area contributed by atoms with Crippen LogP contribution in [0.25, 0.3) is 0 Å². The molecule has 0 spiro atoms. The van der Waals surface area contributed by atoms with E-state index in [2.05, 4.69) is 27.7 Å². The summed E-state index contributed by atoms with van der Waals surface area (Å²) in [6, 6.07) is 0. The standard InChI is InChI=1S/C19H42N.HI/c1-5-9-10-11-12-13-14-15-19-20(16-6-2,17-7-3)18-8-4;/h5-19H2,1-4H3;1H/q+1;/p-1. The van der Waals surface area contributed by atoms with Crippen molar-refractivity contribution in [1.29, 1.82) is 0 Å². The molecule has 0 heterocycles. The largest absolute Gasteiger partial charge is 1.00 e. The van der Waals surface area contributed by atoms with Crippen molar-refractivity contribution in [3.8, 4) is 0 Å². The topological polar surface area (TPSA) is 0 Å². The fourth-order valence-electron chi connectivity index (χ4n) is 3.67. The number of nitrogens with zero attached hydrogens (tertiary/aromatic N) is 1. The minimum Gasteiger partial charge on any atom is -1.00 e. The summed E-state index contributed by atoms with van der Waals surface area (Å²) in [7, 11) is 0. The molecular formula is C19H42IN. The number of quaternary nitrogens is 1. The smallest absolute Gasteiger partial charge is 0.0786 e. The fraction of sp³-hybridized carbons (Fsp3) is 1.00. The zero-order valence-corrected chi connectivity index (χ0v) is 17.6. The first-order chi connectivity index (χ1) is 9.74. The summed E-state index contributed by atoms with van der Waals surface area (Å²) < 4.78 is 1.40. The number of rotatable bonds is 15. The van der Waals surface area contributed by atoms with Gasteiger partial charge >= 0.3 is 0 Å². The van der Waals surface area contributed by atoms with Crippen molar-refractivity contribution in [3.63, 3.8) is 0 Å². The normalized spacial score (nSPS) is 11.4. The van der Waals surface area contributed by atoms with Crippen LogP contribution in [0.2, 0.25) is 0 Å². The van der Waals surface area contributed by atoms with Crippen molar-refractivity contribution in [2.75, 3.05) is 26.2 Å². The molecule has 21 heavy (non-hydrogen) atoms. The van der Waals surface area contributed by atoms with Crippen LogP contribution in [0.3, 0.4) is 0 Å². The molecule has 0 unspecified atom stereocenters. The summed E-state index contributed by atoms with van der Waals surface area (Å²) >= 11 is 0. The van der Waals surface area contributed by atoms with Gasteiger partial charge in [0.05, 0.1) is 26.2 Å². The van der Waals surface area contributed by atoms with E-state index < -0.39 is 0 Å². The quantitative estimate of drug-likeness (QED) is 0.221. The maximum absolute atomic E-state index is 2.35. The van der Waals surface area contributed by atoms with Crippen molar-refractivity contribution in [1.82, 2.24) is 0 Å². The Hall–Kier alpha value is 0.690. The Morgan fingerprint density at radius 3 is 1.19 bits per heavy atom. The van der Waals surface area contributed by atoms with Gasteiger partial charge in [-0.2, -0.15) is 0 Å².